The zero-order valence-corrected chi connectivity index (χ0v) is 18.8. The lowest BCUT2D eigenvalue weighted by Gasteiger charge is -2.26. The first-order valence-corrected chi connectivity index (χ1v) is 10.6. The van der Waals surface area contributed by atoms with E-state index in [4.69, 9.17) is 4.74 Å². The molecule has 1 amide bonds. The number of hydrogen-bond donors (Lipinski definition) is 1. The lowest BCUT2D eigenvalue weighted by molar-refractivity contribution is -0.139. The Bertz CT molecular complexity index is 998. The van der Waals surface area contributed by atoms with Crippen LogP contribution in [-0.2, 0) is 9.59 Å². The van der Waals surface area contributed by atoms with Gasteiger partial charge in [0.1, 0.15) is 17.3 Å². The molecule has 7 heteroatoms. The van der Waals surface area contributed by atoms with E-state index in [-0.39, 0.29) is 17.4 Å². The van der Waals surface area contributed by atoms with E-state index >= 15 is 0 Å². The van der Waals surface area contributed by atoms with Gasteiger partial charge >= 0.3 is 0 Å². The SMILES string of the molecule is CC(C)Oc1ccc(/C(O)=C2\C(=O)C(=O)N(CCCN(C)C)C2c2ccc(F)cc2)cc1. The molecule has 1 unspecified atom stereocenters. The first kappa shape index (κ1) is 23.5. The highest BCUT2D eigenvalue weighted by atomic mass is 19.1. The molecule has 0 bridgehead atoms. The molecule has 1 fully saturated rings. The Labute approximate surface area is 187 Å². The lowest BCUT2D eigenvalue weighted by Crippen LogP contribution is -2.32. The van der Waals surface area contributed by atoms with E-state index in [0.717, 1.165) is 6.54 Å². The molecule has 0 aliphatic carbocycles. The fourth-order valence-electron chi connectivity index (χ4n) is 3.78. The van der Waals surface area contributed by atoms with Gasteiger partial charge in [-0.3, -0.25) is 9.59 Å². The molecule has 2 aromatic rings. The fraction of sp³-hybridized carbons (Fsp3) is 0.360. The molecule has 1 aliphatic heterocycles. The average molecular weight is 441 g/mol. The second kappa shape index (κ2) is 9.96. The van der Waals surface area contributed by atoms with Gasteiger partial charge in [-0.2, -0.15) is 0 Å². The van der Waals surface area contributed by atoms with Crippen LogP contribution < -0.4 is 4.74 Å². The van der Waals surface area contributed by atoms with E-state index in [1.165, 1.54) is 29.2 Å². The van der Waals surface area contributed by atoms with Gasteiger partial charge < -0.3 is 19.6 Å². The predicted octanol–water partition coefficient (Wildman–Crippen LogP) is 3.99. The van der Waals surface area contributed by atoms with Crippen molar-refractivity contribution >= 4 is 17.4 Å². The number of rotatable bonds is 8. The number of amides is 1. The Hall–Kier alpha value is -3.19. The van der Waals surface area contributed by atoms with Gasteiger partial charge in [-0.1, -0.05) is 12.1 Å². The number of likely N-dealkylation sites (tertiary alicyclic amines) is 1. The summed E-state index contributed by atoms with van der Waals surface area (Å²) >= 11 is 0. The predicted molar refractivity (Wildman–Crippen MR) is 121 cm³/mol. The van der Waals surface area contributed by atoms with Gasteiger partial charge in [0.05, 0.1) is 17.7 Å². The molecule has 0 spiro atoms. The van der Waals surface area contributed by atoms with Crippen molar-refractivity contribution in [3.05, 3.63) is 71.0 Å². The summed E-state index contributed by atoms with van der Waals surface area (Å²) in [5.41, 5.74) is 0.972. The van der Waals surface area contributed by atoms with Crippen LogP contribution in [0, 0.1) is 5.82 Å². The van der Waals surface area contributed by atoms with Crippen LogP contribution in [0.1, 0.15) is 37.4 Å². The van der Waals surface area contributed by atoms with Crippen LogP contribution in [0.2, 0.25) is 0 Å². The fourth-order valence-corrected chi connectivity index (χ4v) is 3.78. The molecule has 2 aromatic carbocycles. The van der Waals surface area contributed by atoms with E-state index < -0.39 is 23.5 Å². The minimum atomic E-state index is -0.788. The number of ketones is 1. The lowest BCUT2D eigenvalue weighted by atomic mass is 9.95. The number of carbonyl (C=O) groups is 2. The Morgan fingerprint density at radius 3 is 2.28 bits per heavy atom. The number of aliphatic hydroxyl groups is 1. The normalized spacial score (nSPS) is 18.1. The largest absolute Gasteiger partial charge is 0.507 e. The summed E-state index contributed by atoms with van der Waals surface area (Å²) in [5, 5.41) is 11.1. The smallest absolute Gasteiger partial charge is 0.295 e. The average Bonchev–Trinajstić information content (AvgIpc) is 2.99. The molecule has 1 aliphatic rings. The van der Waals surface area contributed by atoms with Gasteiger partial charge in [-0.15, -0.1) is 0 Å². The quantitative estimate of drug-likeness (QED) is 0.382. The molecule has 1 saturated heterocycles. The Morgan fingerprint density at radius 1 is 1.09 bits per heavy atom. The van der Waals surface area contributed by atoms with E-state index in [9.17, 15) is 19.1 Å². The van der Waals surface area contributed by atoms with Crippen molar-refractivity contribution in [2.75, 3.05) is 27.2 Å². The number of aliphatic hydroxyl groups excluding tert-OH is 1. The minimum absolute atomic E-state index is 0.000383. The Kier molecular flexibility index (Phi) is 7.30. The molecule has 1 heterocycles. The standard InChI is InChI=1S/C25H29FN2O4/c1-16(2)32-20-12-8-18(9-13-20)23(29)21-22(17-6-10-19(26)11-7-17)28(25(31)24(21)30)15-5-14-27(3)4/h6-13,16,22,29H,5,14-15H2,1-4H3/b23-21+. The summed E-state index contributed by atoms with van der Waals surface area (Å²) in [4.78, 5) is 29.3. The van der Waals surface area contributed by atoms with Crippen molar-refractivity contribution < 1.29 is 23.8 Å². The second-order valence-corrected chi connectivity index (χ2v) is 8.39. The number of benzene rings is 2. The van der Waals surface area contributed by atoms with Gasteiger partial charge in [0.15, 0.2) is 0 Å². The topological polar surface area (TPSA) is 70.1 Å². The van der Waals surface area contributed by atoms with Gasteiger partial charge in [0, 0.05) is 12.1 Å². The van der Waals surface area contributed by atoms with Gasteiger partial charge in [-0.05, 0) is 82.9 Å². The van der Waals surface area contributed by atoms with Crippen molar-refractivity contribution in [1.29, 1.82) is 0 Å². The molecule has 1 atom stereocenters. The van der Waals surface area contributed by atoms with Crippen LogP contribution in [0.25, 0.3) is 5.76 Å². The highest BCUT2D eigenvalue weighted by Gasteiger charge is 2.45. The van der Waals surface area contributed by atoms with Crippen LogP contribution in [0.3, 0.4) is 0 Å². The molecule has 0 saturated carbocycles. The summed E-state index contributed by atoms with van der Waals surface area (Å²) in [6.07, 6.45) is 0.652. The van der Waals surface area contributed by atoms with E-state index in [0.29, 0.717) is 29.8 Å². The van der Waals surface area contributed by atoms with Gasteiger partial charge in [-0.25, -0.2) is 4.39 Å². The van der Waals surface area contributed by atoms with Crippen molar-refractivity contribution in [2.45, 2.75) is 32.4 Å². The molecule has 3 rings (SSSR count). The van der Waals surface area contributed by atoms with Crippen molar-refractivity contribution in [3.63, 3.8) is 0 Å². The summed E-state index contributed by atoms with van der Waals surface area (Å²) < 4.78 is 19.2. The molecule has 6 nitrogen and oxygen atoms in total. The molecule has 0 radical (unpaired) electrons. The number of hydrogen-bond acceptors (Lipinski definition) is 5. The summed E-state index contributed by atoms with van der Waals surface area (Å²) in [6.45, 7) is 4.89. The third kappa shape index (κ3) is 5.16. The highest BCUT2D eigenvalue weighted by molar-refractivity contribution is 6.46. The number of ether oxygens (including phenoxy) is 1. The summed E-state index contributed by atoms with van der Waals surface area (Å²) in [5.74, 6) is -1.46. The number of carbonyl (C=O) groups excluding carboxylic acids is 2. The molecule has 170 valence electrons. The third-order valence-corrected chi connectivity index (χ3v) is 5.23. The number of Topliss-reactive ketones (excluding diaryl/α,β-unsaturated/α-hetero) is 1. The van der Waals surface area contributed by atoms with Crippen molar-refractivity contribution in [2.24, 2.45) is 0 Å². The van der Waals surface area contributed by atoms with Crippen LogP contribution in [-0.4, -0.2) is 59.9 Å². The van der Waals surface area contributed by atoms with E-state index in [2.05, 4.69) is 0 Å². The summed E-state index contributed by atoms with van der Waals surface area (Å²) in [6, 6.07) is 11.6. The van der Waals surface area contributed by atoms with Crippen molar-refractivity contribution in [3.8, 4) is 5.75 Å². The molecule has 0 aromatic heterocycles. The van der Waals surface area contributed by atoms with E-state index in [1.807, 2.05) is 32.8 Å². The first-order chi connectivity index (χ1) is 15.2. The summed E-state index contributed by atoms with van der Waals surface area (Å²) in [7, 11) is 3.86. The molecular formula is C25H29FN2O4. The maximum absolute atomic E-state index is 13.5. The first-order valence-electron chi connectivity index (χ1n) is 10.6. The Morgan fingerprint density at radius 2 is 1.72 bits per heavy atom. The van der Waals surface area contributed by atoms with Crippen LogP contribution in [0.4, 0.5) is 4.39 Å². The van der Waals surface area contributed by atoms with Gasteiger partial charge in [0.2, 0.25) is 0 Å². The number of halogens is 1. The Balaban J connectivity index is 2.03. The zero-order chi connectivity index (χ0) is 23.4. The van der Waals surface area contributed by atoms with Crippen LogP contribution in [0.15, 0.2) is 54.1 Å². The molecule has 1 N–H and O–H groups in total. The molecule has 32 heavy (non-hydrogen) atoms. The maximum atomic E-state index is 13.5. The van der Waals surface area contributed by atoms with Crippen LogP contribution in [0.5, 0.6) is 5.75 Å². The third-order valence-electron chi connectivity index (χ3n) is 5.23. The zero-order valence-electron chi connectivity index (χ0n) is 18.8. The van der Waals surface area contributed by atoms with E-state index in [1.54, 1.807) is 24.3 Å². The van der Waals surface area contributed by atoms with Crippen molar-refractivity contribution in [1.82, 2.24) is 9.80 Å². The maximum Gasteiger partial charge on any atom is 0.295 e. The minimum Gasteiger partial charge on any atom is -0.507 e. The van der Waals surface area contributed by atoms with Gasteiger partial charge in [0.25, 0.3) is 11.7 Å². The highest BCUT2D eigenvalue weighted by Crippen LogP contribution is 2.39. The number of nitrogens with zero attached hydrogens (tertiary/aromatic N) is 2. The molecular weight excluding hydrogens is 411 g/mol. The second-order valence-electron chi connectivity index (χ2n) is 8.39. The monoisotopic (exact) mass is 440 g/mol. The van der Waals surface area contributed by atoms with Crippen LogP contribution >= 0.6 is 0 Å².